The Morgan fingerprint density at radius 3 is 2.33 bits per heavy atom. The second-order valence-corrected chi connectivity index (χ2v) is 9.82. The molecule has 0 radical (unpaired) electrons. The lowest BCUT2D eigenvalue weighted by molar-refractivity contribution is -0.117. The summed E-state index contributed by atoms with van der Waals surface area (Å²) in [5.74, 6) is -0.687. The zero-order valence-corrected chi connectivity index (χ0v) is 22.7. The Labute approximate surface area is 235 Å². The second kappa shape index (κ2) is 13.8. The van der Waals surface area contributed by atoms with Crippen molar-refractivity contribution in [2.45, 2.75) is 25.2 Å². The third kappa shape index (κ3) is 6.96. The highest BCUT2D eigenvalue weighted by atomic mass is 35.5. The molecule has 0 spiro atoms. The van der Waals surface area contributed by atoms with E-state index in [9.17, 15) is 4.79 Å². The molecule has 1 unspecified atom stereocenters. The number of amides is 1. The predicted molar refractivity (Wildman–Crippen MR) is 156 cm³/mol. The first-order valence-electron chi connectivity index (χ1n) is 13.0. The Balaban J connectivity index is 1.63. The van der Waals surface area contributed by atoms with Crippen LogP contribution in [0.2, 0.25) is 5.02 Å². The van der Waals surface area contributed by atoms with Gasteiger partial charge in [0.25, 0.3) is 0 Å². The zero-order valence-electron chi connectivity index (χ0n) is 22.0. The van der Waals surface area contributed by atoms with E-state index in [4.69, 9.17) is 28.6 Å². The first kappa shape index (κ1) is 28.1. The molecule has 6 nitrogen and oxygen atoms in total. The van der Waals surface area contributed by atoms with E-state index in [-0.39, 0.29) is 18.4 Å². The zero-order chi connectivity index (χ0) is 27.6. The van der Waals surface area contributed by atoms with Crippen LogP contribution in [0, 0.1) is 6.57 Å². The molecule has 4 N–H and O–H groups in total. The van der Waals surface area contributed by atoms with Gasteiger partial charge in [-0.1, -0.05) is 84.4 Å². The molecule has 1 atom stereocenters. The number of dihydropyridines is 1. The maximum Gasteiger partial charge on any atom is 0.248 e. The van der Waals surface area contributed by atoms with Gasteiger partial charge >= 0.3 is 0 Å². The highest BCUT2D eigenvalue weighted by molar-refractivity contribution is 6.30. The summed E-state index contributed by atoms with van der Waals surface area (Å²) < 4.78 is 5.73. The second-order valence-electron chi connectivity index (χ2n) is 9.39. The molecule has 0 aliphatic carbocycles. The van der Waals surface area contributed by atoms with Crippen molar-refractivity contribution in [3.8, 4) is 0 Å². The van der Waals surface area contributed by atoms with E-state index in [1.54, 1.807) is 6.07 Å². The van der Waals surface area contributed by atoms with Crippen LogP contribution in [0.5, 0.6) is 0 Å². The number of hydrogen-bond acceptors (Lipinski definition) is 4. The van der Waals surface area contributed by atoms with E-state index < -0.39 is 5.92 Å². The number of carbonyl (C=O) groups is 1. The normalized spacial score (nSPS) is 15.2. The smallest absolute Gasteiger partial charge is 0.248 e. The first-order chi connectivity index (χ1) is 19.0. The lowest BCUT2D eigenvalue weighted by Crippen LogP contribution is -2.37. The molecule has 3 aromatic rings. The maximum absolute atomic E-state index is 13.9. The molecule has 4 rings (SSSR count). The average Bonchev–Trinajstić information content (AvgIpc) is 2.96. The van der Waals surface area contributed by atoms with Gasteiger partial charge in [0.1, 0.15) is 0 Å². The highest BCUT2D eigenvalue weighted by Crippen LogP contribution is 2.39. The number of halogens is 1. The number of nitrogens with zero attached hydrogens (tertiary/aromatic N) is 1. The fraction of sp³-hybridized carbons (Fsp3) is 0.250. The molecule has 0 fully saturated rings. The van der Waals surface area contributed by atoms with E-state index in [2.05, 4.69) is 39.7 Å². The lowest BCUT2D eigenvalue weighted by Gasteiger charge is -2.30. The molecule has 0 bridgehead atoms. The van der Waals surface area contributed by atoms with Gasteiger partial charge in [-0.3, -0.25) is 4.79 Å². The van der Waals surface area contributed by atoms with E-state index in [0.29, 0.717) is 53.8 Å². The fourth-order valence-corrected chi connectivity index (χ4v) is 5.20. The standard InChI is InChI=1S/C32H33ClN4O2/c1-22-31(35-2)29(25-14-9-15-26(33)20-25)30(28(37-22)21-39-19-17-34)32(38)36-18-16-27(23-10-5-3-6-11-23)24-12-7-4-8-13-24/h3-15,20,27,29,37H,16-19,21,34H2,1H3,(H,36,38). The minimum absolute atomic E-state index is 0.128. The van der Waals surface area contributed by atoms with Crippen molar-refractivity contribution in [2.24, 2.45) is 5.73 Å². The number of benzene rings is 3. The number of ether oxygens (including phenoxy) is 1. The highest BCUT2D eigenvalue weighted by Gasteiger charge is 2.35. The molecule has 1 aliphatic heterocycles. The summed E-state index contributed by atoms with van der Waals surface area (Å²) >= 11 is 6.33. The Morgan fingerprint density at radius 2 is 1.74 bits per heavy atom. The van der Waals surface area contributed by atoms with Crippen molar-refractivity contribution >= 4 is 17.5 Å². The van der Waals surface area contributed by atoms with E-state index >= 15 is 0 Å². The molecule has 0 aromatic heterocycles. The molecule has 200 valence electrons. The van der Waals surface area contributed by atoms with Crippen molar-refractivity contribution in [1.29, 1.82) is 0 Å². The number of carbonyl (C=O) groups excluding carboxylic acids is 1. The summed E-state index contributed by atoms with van der Waals surface area (Å²) in [4.78, 5) is 17.7. The average molecular weight is 541 g/mol. The van der Waals surface area contributed by atoms with Crippen LogP contribution >= 0.6 is 11.6 Å². The van der Waals surface area contributed by atoms with Crippen LogP contribution in [-0.4, -0.2) is 32.2 Å². The summed E-state index contributed by atoms with van der Waals surface area (Å²) in [5, 5.41) is 6.94. The van der Waals surface area contributed by atoms with Crippen LogP contribution < -0.4 is 16.4 Å². The molecular weight excluding hydrogens is 508 g/mol. The largest absolute Gasteiger partial charge is 0.374 e. The van der Waals surface area contributed by atoms with E-state index in [1.807, 2.05) is 61.5 Å². The number of nitrogens with two attached hydrogens (primary N) is 1. The van der Waals surface area contributed by atoms with Crippen molar-refractivity contribution in [3.63, 3.8) is 0 Å². The lowest BCUT2D eigenvalue weighted by atomic mass is 9.83. The van der Waals surface area contributed by atoms with Crippen molar-refractivity contribution in [3.05, 3.63) is 141 Å². The Morgan fingerprint density at radius 1 is 1.08 bits per heavy atom. The van der Waals surface area contributed by atoms with Gasteiger partial charge in [-0.2, -0.15) is 0 Å². The van der Waals surface area contributed by atoms with Gasteiger partial charge in [-0.25, -0.2) is 4.85 Å². The molecular formula is C32H33ClN4O2. The minimum atomic E-state index is -0.571. The van der Waals surface area contributed by atoms with Crippen molar-refractivity contribution in [1.82, 2.24) is 10.6 Å². The topological polar surface area (TPSA) is 80.7 Å². The van der Waals surface area contributed by atoms with Crippen LogP contribution in [-0.2, 0) is 9.53 Å². The molecule has 1 amide bonds. The molecule has 7 heteroatoms. The molecule has 1 heterocycles. The fourth-order valence-electron chi connectivity index (χ4n) is 5.01. The van der Waals surface area contributed by atoms with E-state index in [0.717, 1.165) is 5.56 Å². The Kier molecular flexibility index (Phi) is 9.93. The minimum Gasteiger partial charge on any atom is -0.374 e. The molecule has 39 heavy (non-hydrogen) atoms. The molecule has 3 aromatic carbocycles. The summed E-state index contributed by atoms with van der Waals surface area (Å²) in [6.45, 7) is 11.1. The monoisotopic (exact) mass is 540 g/mol. The van der Waals surface area contributed by atoms with Crippen LogP contribution in [0.25, 0.3) is 4.85 Å². The van der Waals surface area contributed by atoms with Gasteiger partial charge in [0, 0.05) is 41.0 Å². The Hall–Kier alpha value is -3.89. The van der Waals surface area contributed by atoms with Gasteiger partial charge in [-0.05, 0) is 42.2 Å². The van der Waals surface area contributed by atoms with Crippen LogP contribution in [0.1, 0.15) is 41.9 Å². The maximum atomic E-state index is 13.9. The molecule has 0 saturated heterocycles. The van der Waals surface area contributed by atoms with Crippen LogP contribution in [0.15, 0.2) is 108 Å². The summed E-state index contributed by atoms with van der Waals surface area (Å²) in [5.41, 5.74) is 11.0. The van der Waals surface area contributed by atoms with Crippen molar-refractivity contribution in [2.75, 3.05) is 26.3 Å². The van der Waals surface area contributed by atoms with Crippen LogP contribution in [0.4, 0.5) is 0 Å². The van der Waals surface area contributed by atoms with Gasteiger partial charge in [0.2, 0.25) is 5.91 Å². The number of nitrogens with one attached hydrogen (secondary N) is 2. The van der Waals surface area contributed by atoms with Crippen molar-refractivity contribution < 1.29 is 9.53 Å². The molecule has 0 saturated carbocycles. The van der Waals surface area contributed by atoms with Crippen LogP contribution in [0.3, 0.4) is 0 Å². The van der Waals surface area contributed by atoms with Gasteiger partial charge in [0.15, 0.2) is 5.70 Å². The van der Waals surface area contributed by atoms with E-state index in [1.165, 1.54) is 11.1 Å². The quantitative estimate of drug-likeness (QED) is 0.214. The molecule has 1 aliphatic rings. The summed E-state index contributed by atoms with van der Waals surface area (Å²) in [7, 11) is 0. The first-order valence-corrected chi connectivity index (χ1v) is 13.4. The Bertz CT molecular complexity index is 1340. The number of allylic oxidation sites excluding steroid dienone is 2. The number of hydrogen-bond donors (Lipinski definition) is 3. The third-order valence-electron chi connectivity index (χ3n) is 6.79. The van der Waals surface area contributed by atoms with Gasteiger partial charge < -0.3 is 21.1 Å². The predicted octanol–water partition coefficient (Wildman–Crippen LogP) is 5.75. The third-order valence-corrected chi connectivity index (χ3v) is 7.02. The van der Waals surface area contributed by atoms with Gasteiger partial charge in [-0.15, -0.1) is 0 Å². The van der Waals surface area contributed by atoms with Gasteiger partial charge in [0.05, 0.1) is 25.7 Å². The number of rotatable bonds is 11. The SMILES string of the molecule is [C-]#[N+]C1=C(C)NC(COCCN)=C(C(=O)NCCC(c2ccccc2)c2ccccc2)C1c1cccc(Cl)c1. The summed E-state index contributed by atoms with van der Waals surface area (Å²) in [6.07, 6.45) is 0.714. The summed E-state index contributed by atoms with van der Waals surface area (Å²) in [6, 6.07) is 27.9.